The van der Waals surface area contributed by atoms with E-state index in [2.05, 4.69) is 15.9 Å². The van der Waals surface area contributed by atoms with Gasteiger partial charge in [0.05, 0.1) is 15.8 Å². The second-order valence-electron chi connectivity index (χ2n) is 3.45. The standard InChI is InChI=1S/C10H13BrO2S/c1-4-13-9(12)10(2,3)7-5-6-8(11)14-7/h5-6H,4H2,1-3H3. The third-order valence-electron chi connectivity index (χ3n) is 1.97. The molecule has 0 bridgehead atoms. The van der Waals surface area contributed by atoms with Gasteiger partial charge in [-0.25, -0.2) is 0 Å². The molecular weight excluding hydrogens is 264 g/mol. The number of thiophene rings is 1. The maximum atomic E-state index is 11.6. The fraction of sp³-hybridized carbons (Fsp3) is 0.500. The first-order valence-corrected chi connectivity index (χ1v) is 6.02. The van der Waals surface area contributed by atoms with E-state index in [0.717, 1.165) is 8.66 Å². The summed E-state index contributed by atoms with van der Waals surface area (Å²) in [5, 5.41) is 0. The van der Waals surface area contributed by atoms with Crippen LogP contribution in [0.1, 0.15) is 25.6 Å². The van der Waals surface area contributed by atoms with Crippen LogP contribution < -0.4 is 0 Å². The molecule has 0 saturated heterocycles. The lowest BCUT2D eigenvalue weighted by atomic mass is 9.92. The van der Waals surface area contributed by atoms with E-state index in [1.54, 1.807) is 11.3 Å². The molecule has 0 aliphatic rings. The Labute approximate surface area is 96.4 Å². The molecule has 0 aromatic carbocycles. The van der Waals surface area contributed by atoms with Gasteiger partial charge in [0.1, 0.15) is 0 Å². The van der Waals surface area contributed by atoms with Gasteiger partial charge >= 0.3 is 5.97 Å². The Bertz CT molecular complexity index is 331. The SMILES string of the molecule is CCOC(=O)C(C)(C)c1ccc(Br)s1. The van der Waals surface area contributed by atoms with Crippen LogP contribution in [0.15, 0.2) is 15.9 Å². The Kier molecular flexibility index (Phi) is 3.72. The molecule has 0 unspecified atom stereocenters. The Morgan fingerprint density at radius 3 is 2.64 bits per heavy atom. The highest BCUT2D eigenvalue weighted by Gasteiger charge is 2.32. The molecule has 2 nitrogen and oxygen atoms in total. The van der Waals surface area contributed by atoms with Gasteiger partial charge in [-0.15, -0.1) is 11.3 Å². The molecule has 0 amide bonds. The van der Waals surface area contributed by atoms with Crippen molar-refractivity contribution in [3.63, 3.8) is 0 Å². The lowest BCUT2D eigenvalue weighted by molar-refractivity contribution is -0.148. The van der Waals surface area contributed by atoms with Crippen LogP contribution in [0.3, 0.4) is 0 Å². The quantitative estimate of drug-likeness (QED) is 0.792. The zero-order valence-electron chi connectivity index (χ0n) is 8.46. The number of esters is 1. The summed E-state index contributed by atoms with van der Waals surface area (Å²) in [6, 6.07) is 3.90. The van der Waals surface area contributed by atoms with Gasteiger partial charge in [0.25, 0.3) is 0 Å². The van der Waals surface area contributed by atoms with Gasteiger partial charge in [0.15, 0.2) is 0 Å². The third kappa shape index (κ3) is 2.36. The molecule has 0 N–H and O–H groups in total. The summed E-state index contributed by atoms with van der Waals surface area (Å²) < 4.78 is 6.06. The van der Waals surface area contributed by atoms with Gasteiger partial charge in [-0.3, -0.25) is 4.79 Å². The summed E-state index contributed by atoms with van der Waals surface area (Å²) in [6.45, 7) is 6.00. The minimum absolute atomic E-state index is 0.172. The van der Waals surface area contributed by atoms with Crippen molar-refractivity contribution >= 4 is 33.2 Å². The fourth-order valence-corrected chi connectivity index (χ4v) is 2.54. The molecule has 1 aromatic heterocycles. The number of hydrogen-bond donors (Lipinski definition) is 0. The van der Waals surface area contributed by atoms with Crippen LogP contribution in [-0.4, -0.2) is 12.6 Å². The number of halogens is 1. The average molecular weight is 277 g/mol. The van der Waals surface area contributed by atoms with E-state index in [1.165, 1.54) is 0 Å². The minimum Gasteiger partial charge on any atom is -0.465 e. The maximum absolute atomic E-state index is 11.6. The van der Waals surface area contributed by atoms with E-state index in [-0.39, 0.29) is 5.97 Å². The zero-order chi connectivity index (χ0) is 10.8. The van der Waals surface area contributed by atoms with Crippen molar-refractivity contribution in [2.75, 3.05) is 6.61 Å². The Morgan fingerprint density at radius 2 is 2.21 bits per heavy atom. The van der Waals surface area contributed by atoms with Gasteiger partial charge in [-0.2, -0.15) is 0 Å². The van der Waals surface area contributed by atoms with Gasteiger partial charge in [-0.05, 0) is 48.8 Å². The molecule has 1 aromatic rings. The van der Waals surface area contributed by atoms with E-state index in [4.69, 9.17) is 4.74 Å². The van der Waals surface area contributed by atoms with E-state index in [1.807, 2.05) is 32.9 Å². The molecule has 1 heterocycles. The van der Waals surface area contributed by atoms with Crippen molar-refractivity contribution in [1.29, 1.82) is 0 Å². The highest BCUT2D eigenvalue weighted by atomic mass is 79.9. The number of hydrogen-bond acceptors (Lipinski definition) is 3. The van der Waals surface area contributed by atoms with E-state index >= 15 is 0 Å². The molecule has 0 saturated carbocycles. The van der Waals surface area contributed by atoms with Crippen LogP contribution in [0, 0.1) is 0 Å². The summed E-state index contributed by atoms with van der Waals surface area (Å²) in [7, 11) is 0. The lowest BCUT2D eigenvalue weighted by Crippen LogP contribution is -2.30. The smallest absolute Gasteiger partial charge is 0.316 e. The number of carbonyl (C=O) groups is 1. The van der Waals surface area contributed by atoms with Crippen molar-refractivity contribution in [2.24, 2.45) is 0 Å². The molecule has 4 heteroatoms. The van der Waals surface area contributed by atoms with Crippen molar-refractivity contribution in [3.05, 3.63) is 20.8 Å². The van der Waals surface area contributed by atoms with Crippen LogP contribution in [0.5, 0.6) is 0 Å². The lowest BCUT2D eigenvalue weighted by Gasteiger charge is -2.20. The van der Waals surface area contributed by atoms with Gasteiger partial charge in [0, 0.05) is 4.88 Å². The molecule has 0 aliphatic carbocycles. The summed E-state index contributed by atoms with van der Waals surface area (Å²) in [5.74, 6) is -0.172. The normalized spacial score (nSPS) is 11.4. The second kappa shape index (κ2) is 4.45. The number of ether oxygens (including phenoxy) is 1. The molecule has 0 spiro atoms. The predicted molar refractivity (Wildman–Crippen MR) is 61.7 cm³/mol. The Balaban J connectivity index is 2.89. The topological polar surface area (TPSA) is 26.3 Å². The maximum Gasteiger partial charge on any atom is 0.316 e. The first-order chi connectivity index (χ1) is 6.48. The first-order valence-electron chi connectivity index (χ1n) is 4.41. The molecule has 0 fully saturated rings. The van der Waals surface area contributed by atoms with Crippen molar-refractivity contribution in [3.8, 4) is 0 Å². The van der Waals surface area contributed by atoms with Crippen LogP contribution >= 0.6 is 27.3 Å². The average Bonchev–Trinajstić information content (AvgIpc) is 2.52. The molecule has 0 atom stereocenters. The van der Waals surface area contributed by atoms with Crippen LogP contribution in [0.4, 0.5) is 0 Å². The largest absolute Gasteiger partial charge is 0.465 e. The molecule has 14 heavy (non-hydrogen) atoms. The number of carbonyl (C=O) groups excluding carboxylic acids is 1. The van der Waals surface area contributed by atoms with Crippen LogP contribution in [0.25, 0.3) is 0 Å². The summed E-state index contributed by atoms with van der Waals surface area (Å²) in [4.78, 5) is 12.7. The molecular formula is C10H13BrO2S. The van der Waals surface area contributed by atoms with Crippen molar-refractivity contribution in [2.45, 2.75) is 26.2 Å². The zero-order valence-corrected chi connectivity index (χ0v) is 10.9. The molecule has 1 rings (SSSR count). The van der Waals surface area contributed by atoms with Crippen LogP contribution in [0.2, 0.25) is 0 Å². The third-order valence-corrected chi connectivity index (χ3v) is 3.92. The summed E-state index contributed by atoms with van der Waals surface area (Å²) >= 11 is 4.94. The summed E-state index contributed by atoms with van der Waals surface area (Å²) in [6.07, 6.45) is 0. The van der Waals surface area contributed by atoms with E-state index in [0.29, 0.717) is 6.61 Å². The first kappa shape index (κ1) is 11.7. The van der Waals surface area contributed by atoms with Gasteiger partial charge in [-0.1, -0.05) is 0 Å². The van der Waals surface area contributed by atoms with Gasteiger partial charge < -0.3 is 4.74 Å². The highest BCUT2D eigenvalue weighted by molar-refractivity contribution is 9.11. The molecule has 0 radical (unpaired) electrons. The van der Waals surface area contributed by atoms with E-state index in [9.17, 15) is 4.79 Å². The fourth-order valence-electron chi connectivity index (χ4n) is 1.06. The Morgan fingerprint density at radius 1 is 1.57 bits per heavy atom. The monoisotopic (exact) mass is 276 g/mol. The predicted octanol–water partition coefficient (Wildman–Crippen LogP) is 3.35. The minimum atomic E-state index is -0.549. The van der Waals surface area contributed by atoms with E-state index < -0.39 is 5.41 Å². The highest BCUT2D eigenvalue weighted by Crippen LogP contribution is 2.33. The van der Waals surface area contributed by atoms with Crippen LogP contribution in [-0.2, 0) is 14.9 Å². The second-order valence-corrected chi connectivity index (χ2v) is 5.91. The van der Waals surface area contributed by atoms with Crippen molar-refractivity contribution < 1.29 is 9.53 Å². The molecule has 0 aliphatic heterocycles. The Hall–Kier alpha value is -0.350. The van der Waals surface area contributed by atoms with Gasteiger partial charge in [0.2, 0.25) is 0 Å². The summed E-state index contributed by atoms with van der Waals surface area (Å²) in [5.41, 5.74) is -0.549. The molecule has 78 valence electrons. The van der Waals surface area contributed by atoms with Crippen molar-refractivity contribution in [1.82, 2.24) is 0 Å². The number of rotatable bonds is 3.